The molecule has 2 rings (SSSR count). The highest BCUT2D eigenvalue weighted by Gasteiger charge is 2.42. The van der Waals surface area contributed by atoms with E-state index < -0.39 is 36.3 Å². The second kappa shape index (κ2) is 10.1. The van der Waals surface area contributed by atoms with Gasteiger partial charge in [0.15, 0.2) is 6.61 Å². The second-order valence-electron chi connectivity index (χ2n) is 8.57. The molecule has 2 aromatic rings. The van der Waals surface area contributed by atoms with Gasteiger partial charge in [-0.15, -0.1) is 0 Å². The molecule has 11 heteroatoms. The molecule has 0 fully saturated rings. The Labute approximate surface area is 189 Å². The molecule has 2 amide bonds. The maximum absolute atomic E-state index is 13.1. The lowest BCUT2D eigenvalue weighted by Gasteiger charge is -2.19. The zero-order valence-corrected chi connectivity index (χ0v) is 18.9. The number of hydrogen-bond donors (Lipinski definition) is 2. The van der Waals surface area contributed by atoms with Crippen LogP contribution in [0.5, 0.6) is 5.88 Å². The number of amides is 2. The van der Waals surface area contributed by atoms with E-state index in [4.69, 9.17) is 4.74 Å². The van der Waals surface area contributed by atoms with Crippen molar-refractivity contribution in [3.8, 4) is 5.88 Å². The lowest BCUT2D eigenvalue weighted by atomic mass is 9.96. The number of aryl methyl sites for hydroxylation is 1. The SMILES string of the molecule is Cc1cc(C(C)NC(=O)c2ccnc(NC(=O)C(C)(C)C)c2)cnc1OCC(F)(F)C(F)F. The van der Waals surface area contributed by atoms with Crippen LogP contribution >= 0.6 is 0 Å². The summed E-state index contributed by atoms with van der Waals surface area (Å²) < 4.78 is 55.4. The molecular formula is C22H26F4N4O3. The van der Waals surface area contributed by atoms with E-state index in [-0.39, 0.29) is 23.2 Å². The minimum atomic E-state index is -4.29. The van der Waals surface area contributed by atoms with Crippen LogP contribution in [0.25, 0.3) is 0 Å². The Hall–Kier alpha value is -3.24. The molecule has 1 atom stereocenters. The van der Waals surface area contributed by atoms with Crippen LogP contribution in [0.15, 0.2) is 30.6 Å². The maximum Gasteiger partial charge on any atom is 0.340 e. The Kier molecular flexibility index (Phi) is 7.99. The van der Waals surface area contributed by atoms with Crippen molar-refractivity contribution in [1.29, 1.82) is 0 Å². The summed E-state index contributed by atoms with van der Waals surface area (Å²) in [7, 11) is 0. The number of alkyl halides is 4. The molecule has 7 nitrogen and oxygen atoms in total. The van der Waals surface area contributed by atoms with Gasteiger partial charge in [-0.25, -0.2) is 18.7 Å². The van der Waals surface area contributed by atoms with Gasteiger partial charge >= 0.3 is 12.3 Å². The minimum absolute atomic E-state index is 0.203. The number of pyridine rings is 2. The standard InChI is InChI=1S/C22H26F4N4O3/c1-12-8-15(10-28-18(12)33-11-22(25,26)19(23)24)13(2)29-17(31)14-6-7-27-16(9-14)30-20(32)21(3,4)5/h6-10,13,19H,11H2,1-5H3,(H,29,31)(H,27,30,32). The quantitative estimate of drug-likeness (QED) is 0.553. The molecule has 33 heavy (non-hydrogen) atoms. The van der Waals surface area contributed by atoms with Gasteiger partial charge in [-0.1, -0.05) is 20.8 Å². The van der Waals surface area contributed by atoms with E-state index in [1.807, 2.05) is 0 Å². The van der Waals surface area contributed by atoms with Gasteiger partial charge < -0.3 is 15.4 Å². The first-order valence-corrected chi connectivity index (χ1v) is 10.0. The molecule has 0 saturated carbocycles. The van der Waals surface area contributed by atoms with Crippen molar-refractivity contribution in [2.45, 2.75) is 53.0 Å². The van der Waals surface area contributed by atoms with Gasteiger partial charge in [0.1, 0.15) is 5.82 Å². The number of carbonyl (C=O) groups is 2. The number of rotatable bonds is 8. The number of halogens is 4. The van der Waals surface area contributed by atoms with E-state index in [1.54, 1.807) is 33.8 Å². The van der Waals surface area contributed by atoms with Crippen molar-refractivity contribution in [1.82, 2.24) is 15.3 Å². The molecule has 180 valence electrons. The molecule has 0 radical (unpaired) electrons. The molecule has 0 spiro atoms. The molecule has 0 aliphatic carbocycles. The van der Waals surface area contributed by atoms with E-state index in [9.17, 15) is 27.2 Å². The lowest BCUT2D eigenvalue weighted by molar-refractivity contribution is -0.148. The molecule has 1 unspecified atom stereocenters. The summed E-state index contributed by atoms with van der Waals surface area (Å²) in [5.74, 6) is -4.95. The average Bonchev–Trinajstić information content (AvgIpc) is 2.72. The Morgan fingerprint density at radius 1 is 1.15 bits per heavy atom. The molecule has 0 aliphatic rings. The fourth-order valence-corrected chi connectivity index (χ4v) is 2.51. The summed E-state index contributed by atoms with van der Waals surface area (Å²) in [4.78, 5) is 32.7. The van der Waals surface area contributed by atoms with E-state index in [2.05, 4.69) is 20.6 Å². The van der Waals surface area contributed by atoms with Gasteiger partial charge in [0.2, 0.25) is 11.8 Å². The van der Waals surface area contributed by atoms with Crippen LogP contribution in [0, 0.1) is 12.3 Å². The monoisotopic (exact) mass is 470 g/mol. The zero-order chi connectivity index (χ0) is 25.0. The van der Waals surface area contributed by atoms with E-state index in [0.29, 0.717) is 11.1 Å². The lowest BCUT2D eigenvalue weighted by Crippen LogP contribution is -2.34. The van der Waals surface area contributed by atoms with E-state index in [0.717, 1.165) is 0 Å². The summed E-state index contributed by atoms with van der Waals surface area (Å²) >= 11 is 0. The molecule has 0 aliphatic heterocycles. The van der Waals surface area contributed by atoms with Crippen LogP contribution in [-0.4, -0.2) is 40.7 Å². The minimum Gasteiger partial charge on any atom is -0.471 e. The predicted octanol–water partition coefficient (Wildman–Crippen LogP) is 4.54. The first-order chi connectivity index (χ1) is 15.2. The smallest absolute Gasteiger partial charge is 0.340 e. The molecular weight excluding hydrogens is 444 g/mol. The highest BCUT2D eigenvalue weighted by molar-refractivity contribution is 5.97. The van der Waals surface area contributed by atoms with Crippen molar-refractivity contribution < 1.29 is 31.9 Å². The van der Waals surface area contributed by atoms with E-state index >= 15 is 0 Å². The summed E-state index contributed by atoms with van der Waals surface area (Å²) in [6, 6.07) is 3.95. The van der Waals surface area contributed by atoms with Crippen molar-refractivity contribution in [2.75, 3.05) is 11.9 Å². The summed E-state index contributed by atoms with van der Waals surface area (Å²) in [6.45, 7) is 6.95. The van der Waals surface area contributed by atoms with Crippen LogP contribution in [0.4, 0.5) is 23.4 Å². The van der Waals surface area contributed by atoms with Crippen molar-refractivity contribution in [2.24, 2.45) is 5.41 Å². The summed E-state index contributed by atoms with van der Waals surface area (Å²) in [5.41, 5.74) is 0.517. The van der Waals surface area contributed by atoms with Gasteiger partial charge in [0.25, 0.3) is 5.91 Å². The van der Waals surface area contributed by atoms with Crippen LogP contribution in [0.3, 0.4) is 0 Å². The van der Waals surface area contributed by atoms with Crippen LogP contribution in [0.1, 0.15) is 55.2 Å². The number of hydrogen-bond acceptors (Lipinski definition) is 5. The number of ether oxygens (including phenoxy) is 1. The van der Waals surface area contributed by atoms with Gasteiger partial charge in [0, 0.05) is 28.9 Å². The van der Waals surface area contributed by atoms with Crippen molar-refractivity contribution >= 4 is 17.6 Å². The highest BCUT2D eigenvalue weighted by atomic mass is 19.3. The number of anilines is 1. The molecule has 0 aromatic carbocycles. The molecule has 2 heterocycles. The molecule has 2 aromatic heterocycles. The van der Waals surface area contributed by atoms with Crippen LogP contribution in [-0.2, 0) is 4.79 Å². The summed E-state index contributed by atoms with van der Waals surface area (Å²) in [6.07, 6.45) is -1.15. The van der Waals surface area contributed by atoms with Gasteiger partial charge in [-0.2, -0.15) is 8.78 Å². The third-order valence-corrected chi connectivity index (χ3v) is 4.56. The number of nitrogens with one attached hydrogen (secondary N) is 2. The number of aromatic nitrogens is 2. The first-order valence-electron chi connectivity index (χ1n) is 10.0. The molecule has 0 saturated heterocycles. The Morgan fingerprint density at radius 3 is 2.39 bits per heavy atom. The first kappa shape index (κ1) is 26.0. The Bertz CT molecular complexity index is 1010. The Morgan fingerprint density at radius 2 is 1.82 bits per heavy atom. The molecule has 2 N–H and O–H groups in total. The fraction of sp³-hybridized carbons (Fsp3) is 0.455. The molecule has 0 bridgehead atoms. The third kappa shape index (κ3) is 7.13. The maximum atomic E-state index is 13.1. The fourth-order valence-electron chi connectivity index (χ4n) is 2.51. The average molecular weight is 470 g/mol. The van der Waals surface area contributed by atoms with Gasteiger partial charge in [-0.05, 0) is 37.6 Å². The van der Waals surface area contributed by atoms with E-state index in [1.165, 1.54) is 31.5 Å². The Balaban J connectivity index is 2.05. The zero-order valence-electron chi connectivity index (χ0n) is 18.9. The largest absolute Gasteiger partial charge is 0.471 e. The second-order valence-corrected chi connectivity index (χ2v) is 8.57. The van der Waals surface area contributed by atoms with Crippen LogP contribution < -0.4 is 15.4 Å². The summed E-state index contributed by atoms with van der Waals surface area (Å²) in [5, 5.41) is 5.41. The topological polar surface area (TPSA) is 93.2 Å². The highest BCUT2D eigenvalue weighted by Crippen LogP contribution is 2.26. The van der Waals surface area contributed by atoms with Crippen molar-refractivity contribution in [3.63, 3.8) is 0 Å². The number of nitrogens with zero attached hydrogens (tertiary/aromatic N) is 2. The predicted molar refractivity (Wildman–Crippen MR) is 114 cm³/mol. The number of carbonyl (C=O) groups excluding carboxylic acids is 2. The van der Waals surface area contributed by atoms with Crippen LogP contribution in [0.2, 0.25) is 0 Å². The van der Waals surface area contributed by atoms with Crippen molar-refractivity contribution in [3.05, 3.63) is 47.3 Å². The van der Waals surface area contributed by atoms with Gasteiger partial charge in [-0.3, -0.25) is 9.59 Å². The van der Waals surface area contributed by atoms with Gasteiger partial charge in [0.05, 0.1) is 6.04 Å². The normalized spacial score (nSPS) is 12.9. The third-order valence-electron chi connectivity index (χ3n) is 4.56.